The number of rotatable bonds is 7. The van der Waals surface area contributed by atoms with E-state index in [9.17, 15) is 49.9 Å². The average molecular weight is 511 g/mol. The number of hydrogen-bond donors (Lipinski definition) is 0. The van der Waals surface area contributed by atoms with Gasteiger partial charge in [0.05, 0.1) is 15.7 Å². The number of piperazine rings is 1. The molecule has 0 aromatic heterocycles. The van der Waals surface area contributed by atoms with Gasteiger partial charge in [-0.15, -0.1) is 0 Å². The summed E-state index contributed by atoms with van der Waals surface area (Å²) in [4.78, 5) is 24.2. The summed E-state index contributed by atoms with van der Waals surface area (Å²) in [5.41, 5.74) is -1.05. The molecule has 2 rings (SSSR count). The number of likely N-dealkylation sites (N-methyl/N-ethyl adjacent to an activating group) is 1. The minimum Gasteiger partial charge on any atom is -0.339 e. The zero-order valence-corrected chi connectivity index (χ0v) is 17.8. The van der Waals surface area contributed by atoms with Gasteiger partial charge < -0.3 is 9.80 Å². The highest BCUT2D eigenvalue weighted by atomic mass is 32.2. The first kappa shape index (κ1) is 26.3. The summed E-state index contributed by atoms with van der Waals surface area (Å²) in [6, 6.07) is 1.61. The van der Waals surface area contributed by atoms with Gasteiger partial charge in [0, 0.05) is 37.1 Å². The number of carbonyl (C=O) groups excluding carboxylic acids is 1. The molecule has 1 amide bonds. The van der Waals surface area contributed by atoms with Crippen LogP contribution >= 0.6 is 11.8 Å². The lowest BCUT2D eigenvalue weighted by atomic mass is 10.3. The van der Waals surface area contributed by atoms with Gasteiger partial charge in [-0.3, -0.25) is 19.1 Å². The number of amides is 1. The molecule has 16 heteroatoms. The Labute approximate surface area is 183 Å². The Morgan fingerprint density at radius 3 is 2.19 bits per heavy atom. The first-order valence-corrected chi connectivity index (χ1v) is 10.8. The molecule has 0 spiro atoms. The lowest BCUT2D eigenvalue weighted by molar-refractivity contribution is -0.388. The van der Waals surface area contributed by atoms with Crippen LogP contribution in [0, 0.1) is 10.1 Å². The van der Waals surface area contributed by atoms with E-state index in [1.807, 2.05) is 11.9 Å². The molecule has 0 N–H and O–H groups in total. The van der Waals surface area contributed by atoms with Gasteiger partial charge >= 0.3 is 17.4 Å². The topological polar surface area (TPSA) is 83.8 Å². The molecular weight excluding hydrogens is 495 g/mol. The predicted molar refractivity (Wildman–Crippen MR) is 100 cm³/mol. The van der Waals surface area contributed by atoms with Crippen molar-refractivity contribution in [1.82, 2.24) is 9.80 Å². The van der Waals surface area contributed by atoms with Crippen molar-refractivity contribution in [2.45, 2.75) is 27.1 Å². The van der Waals surface area contributed by atoms with E-state index in [-0.39, 0.29) is 0 Å². The number of nitro benzene ring substituents is 1. The smallest absolute Gasteiger partial charge is 0.339 e. The van der Waals surface area contributed by atoms with Crippen LogP contribution in [-0.2, 0) is 15.6 Å². The van der Waals surface area contributed by atoms with Crippen LogP contribution in [0.1, 0.15) is 0 Å². The molecule has 0 bridgehead atoms. The fourth-order valence-corrected chi connectivity index (χ4v) is 4.61. The average Bonchev–Trinajstić information content (AvgIpc) is 2.66. The van der Waals surface area contributed by atoms with E-state index in [2.05, 4.69) is 0 Å². The Hall–Kier alpha value is -1.94. The third kappa shape index (κ3) is 5.70. The highest BCUT2D eigenvalue weighted by molar-refractivity contribution is 8.00. The van der Waals surface area contributed by atoms with Crippen molar-refractivity contribution in [1.29, 1.82) is 0 Å². The maximum Gasteiger partial charge on any atom is 0.460 e. The van der Waals surface area contributed by atoms with Crippen molar-refractivity contribution < 1.29 is 44.7 Å². The van der Waals surface area contributed by atoms with E-state index < -0.39 is 72.0 Å². The van der Waals surface area contributed by atoms with Crippen molar-refractivity contribution in [3.63, 3.8) is 0 Å². The molecule has 1 saturated heterocycles. The predicted octanol–water partition coefficient (Wildman–Crippen LogP) is 3.36. The van der Waals surface area contributed by atoms with Crippen LogP contribution in [0.15, 0.2) is 28.0 Å². The summed E-state index contributed by atoms with van der Waals surface area (Å²) in [7, 11) is -0.460. The zero-order valence-electron chi connectivity index (χ0n) is 16.2. The quantitative estimate of drug-likeness (QED) is 0.242. The van der Waals surface area contributed by atoms with Crippen LogP contribution in [-0.4, -0.2) is 81.2 Å². The minimum atomic E-state index is -6.56. The summed E-state index contributed by atoms with van der Waals surface area (Å²) in [6.45, 7) is 1.79. The van der Waals surface area contributed by atoms with Crippen molar-refractivity contribution in [3.05, 3.63) is 28.3 Å². The first-order valence-electron chi connectivity index (χ1n) is 8.71. The van der Waals surface area contributed by atoms with E-state index >= 15 is 0 Å². The van der Waals surface area contributed by atoms with E-state index in [4.69, 9.17) is 0 Å². The number of halogens is 7. The fraction of sp³-hybridized carbons (Fsp3) is 0.562. The SMILES string of the molecule is CN1CCN(C(=O)CS(=O)c2ccc(SC(F)(F)C(F)(F)C(F)(F)F)cc2[N+](=O)[O-])CC1. The Balaban J connectivity index is 2.23. The molecule has 1 aromatic carbocycles. The summed E-state index contributed by atoms with van der Waals surface area (Å²) >= 11 is -1.22. The summed E-state index contributed by atoms with van der Waals surface area (Å²) < 4.78 is 103. The maximum atomic E-state index is 13.6. The normalized spacial score (nSPS) is 17.3. The maximum absolute atomic E-state index is 13.6. The van der Waals surface area contributed by atoms with Gasteiger partial charge in [-0.2, -0.15) is 30.7 Å². The second kappa shape index (κ2) is 9.51. The molecule has 0 radical (unpaired) electrons. The molecular formula is C16H16F7N3O4S2. The zero-order chi connectivity index (χ0) is 24.5. The van der Waals surface area contributed by atoms with Gasteiger partial charge in [-0.1, -0.05) is 0 Å². The second-order valence-electron chi connectivity index (χ2n) is 6.75. The summed E-state index contributed by atoms with van der Waals surface area (Å²) in [6.07, 6.45) is -6.56. The molecule has 180 valence electrons. The van der Waals surface area contributed by atoms with Gasteiger partial charge in [0.15, 0.2) is 0 Å². The summed E-state index contributed by atoms with van der Waals surface area (Å²) in [5, 5.41) is 5.60. The standard InChI is InChI=1S/C16H16F7N3O4S2/c1-24-4-6-25(7-5-24)13(27)9-32(30)12-3-2-10(8-11(12)26(28)29)31-16(22,23)14(17,18)15(19,20)21/h2-3,8H,4-7,9H2,1H3. The van der Waals surface area contributed by atoms with Crippen molar-refractivity contribution in [2.24, 2.45) is 0 Å². The second-order valence-corrected chi connectivity index (χ2v) is 9.36. The molecule has 1 atom stereocenters. The number of alkyl halides is 7. The number of nitro groups is 1. The lowest BCUT2D eigenvalue weighted by Crippen LogP contribution is -2.49. The molecule has 0 saturated carbocycles. The molecule has 7 nitrogen and oxygen atoms in total. The highest BCUT2D eigenvalue weighted by Crippen LogP contribution is 2.54. The Morgan fingerprint density at radius 1 is 1.12 bits per heavy atom. The van der Waals surface area contributed by atoms with E-state index in [0.29, 0.717) is 44.4 Å². The van der Waals surface area contributed by atoms with Gasteiger partial charge in [-0.05, 0) is 30.9 Å². The molecule has 0 aliphatic carbocycles. The molecule has 1 aliphatic rings. The number of hydrogen-bond acceptors (Lipinski definition) is 6. The minimum absolute atomic E-state index is 0.318. The van der Waals surface area contributed by atoms with Gasteiger partial charge in [0.2, 0.25) is 5.91 Å². The number of carbonyl (C=O) groups is 1. The molecule has 1 aliphatic heterocycles. The number of thioether (sulfide) groups is 1. The third-order valence-electron chi connectivity index (χ3n) is 4.45. The number of nitrogens with zero attached hydrogens (tertiary/aromatic N) is 3. The first-order chi connectivity index (χ1) is 14.6. The highest BCUT2D eigenvalue weighted by Gasteiger charge is 2.73. The monoisotopic (exact) mass is 511 g/mol. The third-order valence-corrected chi connectivity index (χ3v) is 6.80. The Kier molecular flexibility index (Phi) is 7.82. The van der Waals surface area contributed by atoms with Crippen LogP contribution in [0.3, 0.4) is 0 Å². The van der Waals surface area contributed by atoms with Gasteiger partial charge in [-0.25, -0.2) is 0 Å². The van der Waals surface area contributed by atoms with Gasteiger partial charge in [0.1, 0.15) is 10.6 Å². The van der Waals surface area contributed by atoms with Crippen LogP contribution in [0.4, 0.5) is 36.4 Å². The molecule has 1 fully saturated rings. The molecule has 32 heavy (non-hydrogen) atoms. The van der Waals surface area contributed by atoms with Crippen LogP contribution in [0.5, 0.6) is 0 Å². The Bertz CT molecular complexity index is 906. The molecule has 1 heterocycles. The van der Waals surface area contributed by atoms with Crippen LogP contribution in [0.25, 0.3) is 0 Å². The van der Waals surface area contributed by atoms with Crippen LogP contribution < -0.4 is 0 Å². The van der Waals surface area contributed by atoms with E-state index in [1.54, 1.807) is 0 Å². The molecule has 1 unspecified atom stereocenters. The van der Waals surface area contributed by atoms with E-state index in [0.717, 1.165) is 0 Å². The van der Waals surface area contributed by atoms with E-state index in [1.165, 1.54) is 4.90 Å². The van der Waals surface area contributed by atoms with Crippen LogP contribution in [0.2, 0.25) is 0 Å². The number of benzene rings is 1. The van der Waals surface area contributed by atoms with Crippen molar-refractivity contribution in [3.8, 4) is 0 Å². The Morgan fingerprint density at radius 2 is 1.69 bits per heavy atom. The lowest BCUT2D eigenvalue weighted by Gasteiger charge is -2.32. The van der Waals surface area contributed by atoms with Crippen molar-refractivity contribution >= 4 is 34.2 Å². The van der Waals surface area contributed by atoms with Gasteiger partial charge in [0.25, 0.3) is 5.69 Å². The van der Waals surface area contributed by atoms with Crippen molar-refractivity contribution in [2.75, 3.05) is 39.0 Å². The fourth-order valence-electron chi connectivity index (χ4n) is 2.61. The molecule has 1 aromatic rings. The largest absolute Gasteiger partial charge is 0.460 e. The summed E-state index contributed by atoms with van der Waals surface area (Å²) in [5.74, 6) is -7.63.